The van der Waals surface area contributed by atoms with E-state index < -0.39 is 22.5 Å². The van der Waals surface area contributed by atoms with Gasteiger partial charge in [-0.05, 0) is 55.2 Å². The molecule has 174 valence electrons. The van der Waals surface area contributed by atoms with Gasteiger partial charge in [-0.15, -0.1) is 0 Å². The van der Waals surface area contributed by atoms with Crippen LogP contribution < -0.4 is 5.32 Å². The molecule has 0 aliphatic heterocycles. The number of amides is 1. The number of para-hydroxylation sites is 1. The third-order valence-corrected chi connectivity index (χ3v) is 7.31. The summed E-state index contributed by atoms with van der Waals surface area (Å²) >= 11 is 0. The molecule has 0 radical (unpaired) electrons. The van der Waals surface area contributed by atoms with E-state index in [-0.39, 0.29) is 23.1 Å². The maximum absolute atomic E-state index is 13.4. The van der Waals surface area contributed by atoms with Crippen LogP contribution in [0.1, 0.15) is 54.8 Å². The molecule has 0 aliphatic carbocycles. The lowest BCUT2D eigenvalue weighted by Gasteiger charge is -2.22. The minimum absolute atomic E-state index is 0.00754. The molecule has 0 aliphatic rings. The normalized spacial score (nSPS) is 12.5. The number of rotatable bonds is 10. The fraction of sp³-hybridized carbons (Fsp3) is 0.280. The van der Waals surface area contributed by atoms with Gasteiger partial charge in [0.1, 0.15) is 5.76 Å². The number of nitrogens with zero attached hydrogens (tertiary/aromatic N) is 1. The van der Waals surface area contributed by atoms with Crippen molar-refractivity contribution >= 4 is 27.4 Å². The Bertz CT molecular complexity index is 1200. The summed E-state index contributed by atoms with van der Waals surface area (Å²) in [7, 11) is -4.04. The Hall–Kier alpha value is -3.23. The highest BCUT2D eigenvalue weighted by atomic mass is 32.2. The Labute approximate surface area is 194 Å². The minimum atomic E-state index is -4.04. The third kappa shape index (κ3) is 5.97. The Morgan fingerprint density at radius 2 is 1.73 bits per heavy atom. The molecule has 8 heteroatoms. The number of benzene rings is 2. The fourth-order valence-electron chi connectivity index (χ4n) is 3.42. The van der Waals surface area contributed by atoms with Crippen LogP contribution in [0.3, 0.4) is 0 Å². The second-order valence-electron chi connectivity index (χ2n) is 7.88. The molecule has 7 nitrogen and oxygen atoms in total. The first kappa shape index (κ1) is 24.4. The van der Waals surface area contributed by atoms with Crippen LogP contribution in [0.2, 0.25) is 0 Å². The summed E-state index contributed by atoms with van der Waals surface area (Å²) in [5.74, 6) is 0.0305. The molecule has 1 atom stereocenters. The fourth-order valence-corrected chi connectivity index (χ4v) is 4.79. The van der Waals surface area contributed by atoms with E-state index in [9.17, 15) is 18.0 Å². The van der Waals surface area contributed by atoms with Crippen molar-refractivity contribution in [3.63, 3.8) is 0 Å². The number of Topliss-reactive ketones (excluding diaryl/α,β-unsaturated/α-hetero) is 1. The summed E-state index contributed by atoms with van der Waals surface area (Å²) in [4.78, 5) is 24.5. The van der Waals surface area contributed by atoms with Gasteiger partial charge in [0.15, 0.2) is 5.78 Å². The van der Waals surface area contributed by atoms with Gasteiger partial charge in [0.2, 0.25) is 15.9 Å². The quantitative estimate of drug-likeness (QED) is 0.430. The molecule has 0 fully saturated rings. The second-order valence-corrected chi connectivity index (χ2v) is 9.82. The van der Waals surface area contributed by atoms with Gasteiger partial charge in [-0.25, -0.2) is 8.42 Å². The van der Waals surface area contributed by atoms with Crippen molar-refractivity contribution in [1.29, 1.82) is 0 Å². The van der Waals surface area contributed by atoms with Crippen LogP contribution in [0.25, 0.3) is 0 Å². The van der Waals surface area contributed by atoms with Crippen LogP contribution >= 0.6 is 0 Å². The molecule has 1 N–H and O–H groups in total. The van der Waals surface area contributed by atoms with Crippen molar-refractivity contribution in [2.75, 3.05) is 11.9 Å². The van der Waals surface area contributed by atoms with Crippen LogP contribution in [0.4, 0.5) is 5.69 Å². The average molecular weight is 469 g/mol. The van der Waals surface area contributed by atoms with Gasteiger partial charge in [0.25, 0.3) is 0 Å². The van der Waals surface area contributed by atoms with Gasteiger partial charge in [-0.3, -0.25) is 9.59 Å². The topological polar surface area (TPSA) is 96.7 Å². The first-order valence-electron chi connectivity index (χ1n) is 10.7. The lowest BCUT2D eigenvalue weighted by atomic mass is 9.97. The molecular formula is C25H28N2O5S. The Balaban J connectivity index is 1.87. The summed E-state index contributed by atoms with van der Waals surface area (Å²) in [5.41, 5.74) is 2.07. The van der Waals surface area contributed by atoms with E-state index in [1.165, 1.54) is 37.5 Å². The summed E-state index contributed by atoms with van der Waals surface area (Å²) in [6.07, 6.45) is 2.35. The number of carbonyl (C=O) groups is 2. The molecule has 0 unspecified atom stereocenters. The minimum Gasteiger partial charge on any atom is -0.468 e. The third-order valence-electron chi connectivity index (χ3n) is 5.51. The highest BCUT2D eigenvalue weighted by molar-refractivity contribution is 7.89. The smallest absolute Gasteiger partial charge is 0.243 e. The molecular weight excluding hydrogens is 440 g/mol. The van der Waals surface area contributed by atoms with Crippen LogP contribution in [-0.4, -0.2) is 31.0 Å². The van der Waals surface area contributed by atoms with E-state index in [1.54, 1.807) is 12.1 Å². The van der Waals surface area contributed by atoms with Crippen molar-refractivity contribution in [2.24, 2.45) is 0 Å². The van der Waals surface area contributed by atoms with Crippen molar-refractivity contribution in [3.8, 4) is 0 Å². The van der Waals surface area contributed by atoms with Crippen molar-refractivity contribution in [3.05, 3.63) is 83.8 Å². The number of sulfonamides is 1. The predicted molar refractivity (Wildman–Crippen MR) is 127 cm³/mol. The number of hydrogen-bond acceptors (Lipinski definition) is 5. The number of anilines is 1. The van der Waals surface area contributed by atoms with E-state index in [2.05, 4.69) is 19.2 Å². The lowest BCUT2D eigenvalue weighted by molar-refractivity contribution is -0.116. The Morgan fingerprint density at radius 1 is 1.03 bits per heavy atom. The molecule has 3 aromatic rings. The van der Waals surface area contributed by atoms with Gasteiger partial charge in [0, 0.05) is 11.3 Å². The van der Waals surface area contributed by atoms with Crippen LogP contribution in [0.5, 0.6) is 0 Å². The molecule has 2 aromatic carbocycles. The summed E-state index contributed by atoms with van der Waals surface area (Å²) in [5, 5.41) is 2.86. The number of carbonyl (C=O) groups excluding carboxylic acids is 2. The van der Waals surface area contributed by atoms with Crippen LogP contribution in [0, 0.1) is 0 Å². The van der Waals surface area contributed by atoms with Gasteiger partial charge >= 0.3 is 0 Å². The molecule has 0 bridgehead atoms. The molecule has 0 spiro atoms. The number of hydrogen-bond donors (Lipinski definition) is 1. The highest BCUT2D eigenvalue weighted by Gasteiger charge is 2.28. The Morgan fingerprint density at radius 3 is 2.33 bits per heavy atom. The Kier molecular flexibility index (Phi) is 7.84. The zero-order valence-electron chi connectivity index (χ0n) is 18.9. The molecule has 1 amide bonds. The molecule has 0 saturated carbocycles. The van der Waals surface area contributed by atoms with Gasteiger partial charge in [0.05, 0.1) is 24.2 Å². The largest absolute Gasteiger partial charge is 0.468 e. The lowest BCUT2D eigenvalue weighted by Crippen LogP contribution is -2.37. The van der Waals surface area contributed by atoms with E-state index in [4.69, 9.17) is 4.42 Å². The van der Waals surface area contributed by atoms with E-state index in [0.717, 1.165) is 16.3 Å². The molecule has 0 saturated heterocycles. The van der Waals surface area contributed by atoms with Crippen LogP contribution in [0.15, 0.2) is 76.2 Å². The average Bonchev–Trinajstić information content (AvgIpc) is 3.31. The van der Waals surface area contributed by atoms with Gasteiger partial charge in [-0.1, -0.05) is 44.2 Å². The van der Waals surface area contributed by atoms with E-state index in [0.29, 0.717) is 17.0 Å². The number of nitrogens with one attached hydrogen (secondary N) is 1. The SMILES string of the molecule is CC[C@@H](C)c1ccccc1NC(=O)CN(Cc1ccco1)S(=O)(=O)c1ccc(C(C)=O)cc1. The maximum atomic E-state index is 13.4. The first-order valence-corrected chi connectivity index (χ1v) is 12.2. The summed E-state index contributed by atoms with van der Waals surface area (Å²) in [6, 6.07) is 16.5. The standard InChI is InChI=1S/C25H28N2O5S/c1-4-18(2)23-9-5-6-10-24(23)26-25(29)17-27(16-21-8-7-15-32-21)33(30,31)22-13-11-20(12-14-22)19(3)28/h5-15,18H,4,16-17H2,1-3H3,(H,26,29)/t18-/m1/s1. The predicted octanol–water partition coefficient (Wildman–Crippen LogP) is 4.83. The monoisotopic (exact) mass is 468 g/mol. The van der Waals surface area contributed by atoms with Gasteiger partial charge < -0.3 is 9.73 Å². The second kappa shape index (κ2) is 10.6. The zero-order chi connectivity index (χ0) is 24.0. The maximum Gasteiger partial charge on any atom is 0.243 e. The zero-order valence-corrected chi connectivity index (χ0v) is 19.8. The van der Waals surface area contributed by atoms with Gasteiger partial charge in [-0.2, -0.15) is 4.31 Å². The molecule has 3 rings (SSSR count). The highest BCUT2D eigenvalue weighted by Crippen LogP contribution is 2.27. The molecule has 1 aromatic heterocycles. The summed E-state index contributed by atoms with van der Waals surface area (Å²) in [6.45, 7) is 5.05. The number of ketones is 1. The van der Waals surface area contributed by atoms with Crippen molar-refractivity contribution < 1.29 is 22.4 Å². The van der Waals surface area contributed by atoms with Crippen molar-refractivity contribution in [2.45, 2.75) is 44.6 Å². The first-order chi connectivity index (χ1) is 15.7. The summed E-state index contributed by atoms with van der Waals surface area (Å²) < 4.78 is 33.1. The van der Waals surface area contributed by atoms with Crippen molar-refractivity contribution in [1.82, 2.24) is 4.31 Å². The number of furan rings is 1. The molecule has 33 heavy (non-hydrogen) atoms. The van der Waals surface area contributed by atoms with E-state index in [1.807, 2.05) is 24.3 Å². The van der Waals surface area contributed by atoms with E-state index >= 15 is 0 Å². The van der Waals surface area contributed by atoms with Crippen LogP contribution in [-0.2, 0) is 21.4 Å². The molecule has 1 heterocycles.